The molecule has 0 saturated carbocycles. The summed E-state index contributed by atoms with van der Waals surface area (Å²) in [6, 6.07) is 11.6. The van der Waals surface area contributed by atoms with Crippen LogP contribution >= 0.6 is 15.9 Å². The molecule has 8 heteroatoms. The van der Waals surface area contributed by atoms with E-state index in [1.807, 2.05) is 26.0 Å². The Labute approximate surface area is 162 Å². The number of halogens is 1. The van der Waals surface area contributed by atoms with Crippen LogP contribution in [0.1, 0.15) is 18.9 Å². The van der Waals surface area contributed by atoms with Gasteiger partial charge < -0.3 is 10.1 Å². The van der Waals surface area contributed by atoms with E-state index in [0.717, 1.165) is 10.0 Å². The number of carbonyl (C=O) groups is 1. The molecule has 0 atom stereocenters. The van der Waals surface area contributed by atoms with E-state index < -0.39 is 10.0 Å². The molecule has 0 fully saturated rings. The van der Waals surface area contributed by atoms with Crippen LogP contribution in [0.2, 0.25) is 0 Å². The summed E-state index contributed by atoms with van der Waals surface area (Å²) in [4.78, 5) is 12.2. The number of carbonyl (C=O) groups excluding carboxylic acids is 1. The fourth-order valence-electron chi connectivity index (χ4n) is 2.10. The average molecular weight is 441 g/mol. The van der Waals surface area contributed by atoms with Gasteiger partial charge >= 0.3 is 0 Å². The molecule has 2 aromatic carbocycles. The summed E-state index contributed by atoms with van der Waals surface area (Å²) in [5, 5.41) is 2.67. The smallest absolute Gasteiger partial charge is 0.262 e. The van der Waals surface area contributed by atoms with E-state index in [2.05, 4.69) is 26.0 Å². The van der Waals surface area contributed by atoms with Crippen molar-refractivity contribution in [1.82, 2.24) is 4.72 Å². The molecule has 0 bridgehead atoms. The monoisotopic (exact) mass is 440 g/mol. The van der Waals surface area contributed by atoms with Gasteiger partial charge in [0.05, 0.1) is 9.37 Å². The Bertz CT molecular complexity index is 867. The van der Waals surface area contributed by atoms with Crippen molar-refractivity contribution in [1.29, 1.82) is 0 Å². The number of benzene rings is 2. The number of hydrogen-bond acceptors (Lipinski definition) is 4. The van der Waals surface area contributed by atoms with Crippen molar-refractivity contribution in [3.05, 3.63) is 52.5 Å². The third-order valence-electron chi connectivity index (χ3n) is 3.44. The number of anilines is 1. The highest BCUT2D eigenvalue weighted by Gasteiger charge is 2.13. The molecule has 0 saturated heterocycles. The van der Waals surface area contributed by atoms with E-state index in [1.54, 1.807) is 18.2 Å². The lowest BCUT2D eigenvalue weighted by Gasteiger charge is -2.10. The summed E-state index contributed by atoms with van der Waals surface area (Å²) in [5.74, 6) is 0.242. The number of amides is 1. The van der Waals surface area contributed by atoms with E-state index in [9.17, 15) is 13.2 Å². The number of hydrogen-bond donors (Lipinski definition) is 2. The molecule has 2 aromatic rings. The molecule has 0 aliphatic rings. The first-order valence-corrected chi connectivity index (χ1v) is 10.4. The molecule has 0 radical (unpaired) electrons. The minimum absolute atomic E-state index is 0.153. The van der Waals surface area contributed by atoms with Crippen molar-refractivity contribution in [3.8, 4) is 5.75 Å². The van der Waals surface area contributed by atoms with Crippen molar-refractivity contribution >= 4 is 37.5 Å². The number of nitrogens with one attached hydrogen (secondary N) is 2. The second-order valence-corrected chi connectivity index (χ2v) is 8.31. The third kappa shape index (κ3) is 5.82. The zero-order valence-corrected chi connectivity index (χ0v) is 17.0. The van der Waals surface area contributed by atoms with Crippen LogP contribution in [0.15, 0.2) is 51.8 Å². The Hall–Kier alpha value is -1.90. The molecule has 0 spiro atoms. The highest BCUT2D eigenvalue weighted by Crippen LogP contribution is 2.25. The number of rotatable bonds is 8. The molecule has 0 aliphatic carbocycles. The van der Waals surface area contributed by atoms with Crippen molar-refractivity contribution in [3.63, 3.8) is 0 Å². The lowest BCUT2D eigenvalue weighted by Crippen LogP contribution is -2.24. The van der Waals surface area contributed by atoms with E-state index >= 15 is 0 Å². The van der Waals surface area contributed by atoms with Crippen LogP contribution in [0, 0.1) is 6.92 Å². The zero-order valence-electron chi connectivity index (χ0n) is 14.6. The lowest BCUT2D eigenvalue weighted by atomic mass is 10.2. The predicted molar refractivity (Wildman–Crippen MR) is 105 cm³/mol. The Kier molecular flexibility index (Phi) is 7.19. The molecule has 26 heavy (non-hydrogen) atoms. The molecular weight excluding hydrogens is 420 g/mol. The first kappa shape index (κ1) is 20.4. The van der Waals surface area contributed by atoms with Gasteiger partial charge in [-0.25, -0.2) is 13.1 Å². The van der Waals surface area contributed by atoms with Gasteiger partial charge in [0, 0.05) is 12.2 Å². The highest BCUT2D eigenvalue weighted by atomic mass is 79.9. The van der Waals surface area contributed by atoms with Crippen LogP contribution in [0.4, 0.5) is 5.69 Å². The average Bonchev–Trinajstić information content (AvgIpc) is 2.60. The zero-order chi connectivity index (χ0) is 19.2. The molecule has 0 aromatic heterocycles. The Morgan fingerprint density at radius 2 is 1.85 bits per heavy atom. The normalized spacial score (nSPS) is 11.2. The SMILES string of the molecule is CCCNS(=O)(=O)c1ccc(NC(=O)COc2ccc(C)cc2Br)cc1. The Balaban J connectivity index is 1.93. The van der Waals surface area contributed by atoms with Crippen molar-refractivity contribution < 1.29 is 17.9 Å². The number of ether oxygens (including phenoxy) is 1. The van der Waals surface area contributed by atoms with Gasteiger partial charge in [0.25, 0.3) is 5.91 Å². The number of sulfonamides is 1. The predicted octanol–water partition coefficient (Wildman–Crippen LogP) is 3.46. The van der Waals surface area contributed by atoms with Gasteiger partial charge in [0.15, 0.2) is 6.61 Å². The van der Waals surface area contributed by atoms with Gasteiger partial charge in [-0.3, -0.25) is 4.79 Å². The summed E-state index contributed by atoms with van der Waals surface area (Å²) in [7, 11) is -3.51. The quantitative estimate of drug-likeness (QED) is 0.657. The van der Waals surface area contributed by atoms with E-state index in [1.165, 1.54) is 12.1 Å². The molecule has 2 N–H and O–H groups in total. The van der Waals surface area contributed by atoms with Crippen molar-refractivity contribution in [2.75, 3.05) is 18.5 Å². The third-order valence-corrected chi connectivity index (χ3v) is 5.53. The molecule has 6 nitrogen and oxygen atoms in total. The van der Waals surface area contributed by atoms with Gasteiger partial charge in [-0.2, -0.15) is 0 Å². The van der Waals surface area contributed by atoms with Crippen LogP contribution < -0.4 is 14.8 Å². The van der Waals surface area contributed by atoms with Crippen LogP contribution in [0.25, 0.3) is 0 Å². The van der Waals surface area contributed by atoms with E-state index in [0.29, 0.717) is 24.4 Å². The van der Waals surface area contributed by atoms with Crippen LogP contribution in [-0.4, -0.2) is 27.5 Å². The fraction of sp³-hybridized carbons (Fsp3) is 0.278. The Morgan fingerprint density at radius 3 is 2.46 bits per heavy atom. The molecule has 0 aliphatic heterocycles. The standard InChI is InChI=1S/C18H21BrN2O4S/c1-3-10-20-26(23,24)15-7-5-14(6-8-15)21-18(22)12-25-17-9-4-13(2)11-16(17)19/h4-9,11,20H,3,10,12H2,1-2H3,(H,21,22). The Morgan fingerprint density at radius 1 is 1.15 bits per heavy atom. The van der Waals surface area contributed by atoms with Crippen LogP contribution in [-0.2, 0) is 14.8 Å². The van der Waals surface area contributed by atoms with Crippen molar-refractivity contribution in [2.45, 2.75) is 25.2 Å². The van der Waals surface area contributed by atoms with E-state index in [-0.39, 0.29) is 17.4 Å². The maximum Gasteiger partial charge on any atom is 0.262 e. The summed E-state index contributed by atoms with van der Waals surface area (Å²) in [5.41, 5.74) is 1.58. The summed E-state index contributed by atoms with van der Waals surface area (Å²) in [6.07, 6.45) is 0.713. The highest BCUT2D eigenvalue weighted by molar-refractivity contribution is 9.10. The maximum absolute atomic E-state index is 12.0. The number of aryl methyl sites for hydroxylation is 1. The first-order valence-electron chi connectivity index (χ1n) is 8.10. The molecule has 1 amide bonds. The molecule has 140 valence electrons. The summed E-state index contributed by atoms with van der Waals surface area (Å²) in [6.45, 7) is 4.08. The maximum atomic E-state index is 12.0. The summed E-state index contributed by atoms with van der Waals surface area (Å²) >= 11 is 3.39. The fourth-order valence-corrected chi connectivity index (χ4v) is 3.84. The second kappa shape index (κ2) is 9.16. The largest absolute Gasteiger partial charge is 0.483 e. The molecule has 0 heterocycles. The van der Waals surface area contributed by atoms with Gasteiger partial charge in [-0.1, -0.05) is 13.0 Å². The van der Waals surface area contributed by atoms with Gasteiger partial charge in [0.1, 0.15) is 5.75 Å². The minimum atomic E-state index is -3.51. The molecular formula is C18H21BrN2O4S. The van der Waals surface area contributed by atoms with Gasteiger partial charge in [0.2, 0.25) is 10.0 Å². The lowest BCUT2D eigenvalue weighted by molar-refractivity contribution is -0.118. The topological polar surface area (TPSA) is 84.5 Å². The van der Waals surface area contributed by atoms with Crippen molar-refractivity contribution in [2.24, 2.45) is 0 Å². The van der Waals surface area contributed by atoms with Crippen LogP contribution in [0.5, 0.6) is 5.75 Å². The van der Waals surface area contributed by atoms with Gasteiger partial charge in [-0.05, 0) is 71.2 Å². The van der Waals surface area contributed by atoms with E-state index in [4.69, 9.17) is 4.74 Å². The summed E-state index contributed by atoms with van der Waals surface area (Å²) < 4.78 is 32.8. The molecule has 0 unspecified atom stereocenters. The molecule has 2 rings (SSSR count). The van der Waals surface area contributed by atoms with Crippen LogP contribution in [0.3, 0.4) is 0 Å². The minimum Gasteiger partial charge on any atom is -0.483 e. The van der Waals surface area contributed by atoms with Gasteiger partial charge in [-0.15, -0.1) is 0 Å². The second-order valence-electron chi connectivity index (χ2n) is 5.69. The first-order chi connectivity index (χ1) is 12.3.